The molecule has 0 aliphatic carbocycles. The molecule has 0 fully saturated rings. The van der Waals surface area contributed by atoms with Crippen LogP contribution >= 0.6 is 0 Å². The van der Waals surface area contributed by atoms with Crippen LogP contribution in [0.25, 0.3) is 116 Å². The summed E-state index contributed by atoms with van der Waals surface area (Å²) >= 11 is 0. The Morgan fingerprint density at radius 2 is 0.644 bits per heavy atom. The van der Waals surface area contributed by atoms with Gasteiger partial charge in [0.05, 0.1) is 44.5 Å². The van der Waals surface area contributed by atoms with Gasteiger partial charge in [-0.25, -0.2) is 9.97 Å². The lowest BCUT2D eigenvalue weighted by molar-refractivity contribution is 0.994. The Morgan fingerprint density at radius 3 is 1.03 bits per heavy atom. The van der Waals surface area contributed by atoms with Gasteiger partial charge in [-0.15, -0.1) is 0 Å². The van der Waals surface area contributed by atoms with E-state index >= 15 is 0 Å². The first kappa shape index (κ1) is 32.1. The topological polar surface area (TPSA) is 40.6 Å². The normalized spacial score (nSPS) is 12.1. The summed E-state index contributed by atoms with van der Waals surface area (Å²) in [6, 6.07) is 71.8. The average Bonchev–Trinajstić information content (AvgIpc) is 3.94. The van der Waals surface area contributed by atoms with Crippen LogP contribution in [0.15, 0.2) is 200 Å². The Kier molecular flexibility index (Phi) is 6.66. The molecule has 0 aliphatic rings. The number of benzene rings is 9. The van der Waals surface area contributed by atoms with Crippen LogP contribution in [-0.4, -0.2) is 23.7 Å². The molecule has 0 amide bonds. The summed E-state index contributed by atoms with van der Waals surface area (Å²) in [5.41, 5.74) is 12.8. The second-order valence-corrected chi connectivity index (χ2v) is 15.4. The van der Waals surface area contributed by atoms with Gasteiger partial charge in [-0.1, -0.05) is 146 Å². The molecular weight excluding hydrogens is 719 g/mol. The molecule has 59 heavy (non-hydrogen) atoms. The Morgan fingerprint density at radius 1 is 0.288 bits per heavy atom. The molecule has 5 nitrogen and oxygen atoms in total. The first-order valence-corrected chi connectivity index (χ1v) is 20.1. The van der Waals surface area contributed by atoms with Gasteiger partial charge in [0.25, 0.3) is 0 Å². The van der Waals surface area contributed by atoms with Gasteiger partial charge >= 0.3 is 0 Å². The van der Waals surface area contributed by atoms with Crippen molar-refractivity contribution in [1.29, 1.82) is 0 Å². The molecule has 4 heterocycles. The number of para-hydroxylation sites is 4. The van der Waals surface area contributed by atoms with Crippen LogP contribution in [0, 0.1) is 0 Å². The highest BCUT2D eigenvalue weighted by Gasteiger charge is 2.24. The molecule has 0 unspecified atom stereocenters. The zero-order chi connectivity index (χ0) is 38.6. The Balaban J connectivity index is 1.19. The maximum Gasteiger partial charge on any atom is 0.235 e. The van der Waals surface area contributed by atoms with Crippen molar-refractivity contribution in [1.82, 2.24) is 23.7 Å². The van der Waals surface area contributed by atoms with Crippen molar-refractivity contribution in [2.75, 3.05) is 0 Å². The Bertz CT molecular complexity index is 3430. The van der Waals surface area contributed by atoms with E-state index in [0.717, 1.165) is 44.9 Å². The number of hydrogen-bond acceptors (Lipinski definition) is 2. The van der Waals surface area contributed by atoms with E-state index in [1.54, 1.807) is 0 Å². The molecule has 0 radical (unpaired) electrons. The van der Waals surface area contributed by atoms with E-state index in [-0.39, 0.29) is 0 Å². The molecular formula is C54H33N5. The molecule has 0 saturated heterocycles. The minimum Gasteiger partial charge on any atom is -0.309 e. The van der Waals surface area contributed by atoms with Crippen molar-refractivity contribution in [2.45, 2.75) is 0 Å². The lowest BCUT2D eigenvalue weighted by Crippen LogP contribution is -2.05. The summed E-state index contributed by atoms with van der Waals surface area (Å²) in [6.45, 7) is 0. The standard InChI is InChI=1S/C54H33N5/c1-3-15-34(16-4-1)44-33-45(35-17-5-2-6-18-35)56-54(55-44)59-50-31-38(57-46-23-11-7-19-40(46)41-20-8-12-24-47(41)57)29-36-27-28-37-30-39(32-51(59)53(37)52(36)50)58-48-25-13-9-21-42(48)43-22-10-14-26-49(43)58/h1-33H. The van der Waals surface area contributed by atoms with Gasteiger partial charge in [-0.05, 0) is 65.4 Å². The van der Waals surface area contributed by atoms with Crippen LogP contribution in [0.3, 0.4) is 0 Å². The maximum absolute atomic E-state index is 5.45. The first-order valence-electron chi connectivity index (χ1n) is 20.1. The average molecular weight is 752 g/mol. The molecule has 13 aromatic rings. The van der Waals surface area contributed by atoms with Gasteiger partial charge in [0.1, 0.15) is 0 Å². The fourth-order valence-corrected chi connectivity index (χ4v) is 9.66. The molecule has 4 aromatic heterocycles. The third-order valence-corrected chi connectivity index (χ3v) is 12.2. The van der Waals surface area contributed by atoms with Crippen molar-refractivity contribution in [3.63, 3.8) is 0 Å². The highest BCUT2D eigenvalue weighted by molar-refractivity contribution is 6.25. The van der Waals surface area contributed by atoms with E-state index in [1.165, 1.54) is 65.2 Å². The third-order valence-electron chi connectivity index (χ3n) is 12.2. The number of rotatable bonds is 5. The van der Waals surface area contributed by atoms with Crippen LogP contribution in [-0.2, 0) is 0 Å². The smallest absolute Gasteiger partial charge is 0.235 e. The second-order valence-electron chi connectivity index (χ2n) is 15.4. The zero-order valence-corrected chi connectivity index (χ0v) is 31.8. The number of hydrogen-bond donors (Lipinski definition) is 0. The molecule has 0 bridgehead atoms. The van der Waals surface area contributed by atoms with Crippen LogP contribution in [0.5, 0.6) is 0 Å². The molecule has 0 atom stereocenters. The van der Waals surface area contributed by atoms with E-state index in [2.05, 4.69) is 214 Å². The molecule has 0 N–H and O–H groups in total. The van der Waals surface area contributed by atoms with Crippen LogP contribution in [0.2, 0.25) is 0 Å². The molecule has 0 saturated carbocycles. The molecule has 13 rings (SSSR count). The van der Waals surface area contributed by atoms with Crippen molar-refractivity contribution >= 4 is 76.2 Å². The molecule has 0 spiro atoms. The maximum atomic E-state index is 5.45. The second kappa shape index (κ2) is 12.2. The minimum absolute atomic E-state index is 0.628. The van der Waals surface area contributed by atoms with E-state index in [0.29, 0.717) is 5.95 Å². The summed E-state index contributed by atoms with van der Waals surface area (Å²) in [7, 11) is 0. The summed E-state index contributed by atoms with van der Waals surface area (Å²) in [4.78, 5) is 10.9. The van der Waals surface area contributed by atoms with Crippen LogP contribution in [0.4, 0.5) is 0 Å². The van der Waals surface area contributed by atoms with E-state index in [1.807, 2.05) is 0 Å². The van der Waals surface area contributed by atoms with E-state index in [4.69, 9.17) is 9.97 Å². The van der Waals surface area contributed by atoms with Crippen LogP contribution < -0.4 is 0 Å². The quantitative estimate of drug-likeness (QED) is 0.164. The predicted octanol–water partition coefficient (Wildman–Crippen LogP) is 13.7. The highest BCUT2D eigenvalue weighted by atomic mass is 15.2. The van der Waals surface area contributed by atoms with Gasteiger partial charge in [0.2, 0.25) is 5.95 Å². The van der Waals surface area contributed by atoms with Crippen molar-refractivity contribution in [2.24, 2.45) is 0 Å². The number of aromatic nitrogens is 5. The molecule has 274 valence electrons. The van der Waals surface area contributed by atoms with Gasteiger partial charge in [-0.2, -0.15) is 0 Å². The SMILES string of the molecule is c1ccc(-c2cc(-c3ccccc3)nc(-n3c4cc(-n5c6ccccc6c6ccccc65)cc5ccc6cc(-n7c8ccccc8c8ccccc87)cc3c6c54)n2)cc1. The zero-order valence-electron chi connectivity index (χ0n) is 31.8. The van der Waals surface area contributed by atoms with Gasteiger partial charge < -0.3 is 9.13 Å². The lowest BCUT2D eigenvalue weighted by Gasteiger charge is -2.14. The van der Waals surface area contributed by atoms with Crippen molar-refractivity contribution in [3.8, 4) is 39.8 Å². The van der Waals surface area contributed by atoms with Gasteiger partial charge in [0, 0.05) is 54.8 Å². The van der Waals surface area contributed by atoms with Crippen LogP contribution in [0.1, 0.15) is 0 Å². The van der Waals surface area contributed by atoms with Crippen molar-refractivity contribution < 1.29 is 0 Å². The van der Waals surface area contributed by atoms with E-state index in [9.17, 15) is 0 Å². The monoisotopic (exact) mass is 751 g/mol. The summed E-state index contributed by atoms with van der Waals surface area (Å²) in [5, 5.41) is 9.67. The number of fused-ring (bicyclic) bond motifs is 6. The fraction of sp³-hybridized carbons (Fsp3) is 0. The lowest BCUT2D eigenvalue weighted by atomic mass is 10.0. The Labute approximate surface area is 338 Å². The minimum atomic E-state index is 0.628. The first-order chi connectivity index (χ1) is 29.3. The summed E-state index contributed by atoms with van der Waals surface area (Å²) < 4.78 is 7.14. The predicted molar refractivity (Wildman–Crippen MR) is 245 cm³/mol. The Hall–Kier alpha value is -8.02. The highest BCUT2D eigenvalue weighted by Crippen LogP contribution is 2.44. The fourth-order valence-electron chi connectivity index (χ4n) is 9.66. The largest absolute Gasteiger partial charge is 0.309 e. The molecule has 0 aliphatic heterocycles. The van der Waals surface area contributed by atoms with Crippen molar-refractivity contribution in [3.05, 3.63) is 200 Å². The summed E-state index contributed by atoms with van der Waals surface area (Å²) in [5.74, 6) is 0.628. The molecule has 9 aromatic carbocycles. The van der Waals surface area contributed by atoms with Gasteiger partial charge in [-0.3, -0.25) is 4.57 Å². The number of nitrogens with zero attached hydrogens (tertiary/aromatic N) is 5. The molecule has 5 heteroatoms. The van der Waals surface area contributed by atoms with E-state index < -0.39 is 0 Å². The third kappa shape index (κ3) is 4.67. The van der Waals surface area contributed by atoms with Gasteiger partial charge in [0.15, 0.2) is 0 Å². The summed E-state index contributed by atoms with van der Waals surface area (Å²) in [6.07, 6.45) is 0.